The maximum absolute atomic E-state index is 11.3. The van der Waals surface area contributed by atoms with Crippen LogP contribution in [0.1, 0.15) is 37.2 Å². The van der Waals surface area contributed by atoms with Crippen LogP contribution in [0.15, 0.2) is 6.07 Å². The lowest BCUT2D eigenvalue weighted by Gasteiger charge is -2.38. The number of amides is 1. The fourth-order valence-electron chi connectivity index (χ4n) is 2.98. The molecule has 2 saturated heterocycles. The van der Waals surface area contributed by atoms with Crippen molar-refractivity contribution in [2.45, 2.75) is 38.7 Å². The molecular formula is C15H22N4O2. The number of anilines is 1. The molecule has 0 aromatic carbocycles. The lowest BCUT2D eigenvalue weighted by atomic mass is 9.99. The molecule has 1 aromatic heterocycles. The van der Waals surface area contributed by atoms with Crippen LogP contribution in [0.3, 0.4) is 0 Å². The molecule has 0 spiro atoms. The highest BCUT2D eigenvalue weighted by atomic mass is 16.3. The van der Waals surface area contributed by atoms with Gasteiger partial charge in [-0.05, 0) is 19.8 Å². The van der Waals surface area contributed by atoms with Crippen molar-refractivity contribution in [3.05, 3.63) is 17.6 Å². The minimum absolute atomic E-state index is 0.110. The highest BCUT2D eigenvalue weighted by Gasteiger charge is 2.32. The largest absolute Gasteiger partial charge is 0.391 e. The maximum Gasteiger partial charge on any atom is 0.219 e. The Morgan fingerprint density at radius 3 is 2.76 bits per heavy atom. The van der Waals surface area contributed by atoms with Gasteiger partial charge in [-0.2, -0.15) is 0 Å². The van der Waals surface area contributed by atoms with E-state index in [1.807, 2.05) is 13.0 Å². The first-order valence-electron chi connectivity index (χ1n) is 7.57. The van der Waals surface area contributed by atoms with Gasteiger partial charge in [0.2, 0.25) is 5.91 Å². The topological polar surface area (TPSA) is 69.6 Å². The Bertz CT molecular complexity index is 542. The summed E-state index contributed by atoms with van der Waals surface area (Å²) in [6.07, 6.45) is 1.58. The van der Waals surface area contributed by atoms with Gasteiger partial charge in [0.15, 0.2) is 0 Å². The van der Waals surface area contributed by atoms with Crippen molar-refractivity contribution in [1.29, 1.82) is 0 Å². The Morgan fingerprint density at radius 1 is 1.33 bits per heavy atom. The van der Waals surface area contributed by atoms with Gasteiger partial charge in [0, 0.05) is 44.9 Å². The van der Waals surface area contributed by atoms with Gasteiger partial charge < -0.3 is 14.9 Å². The third-order valence-electron chi connectivity index (χ3n) is 4.27. The molecule has 3 rings (SSSR count). The smallest absolute Gasteiger partial charge is 0.219 e. The molecule has 3 heterocycles. The molecule has 1 amide bonds. The molecule has 0 bridgehead atoms. The molecule has 2 aliphatic heterocycles. The molecule has 0 radical (unpaired) electrons. The van der Waals surface area contributed by atoms with Crippen molar-refractivity contribution in [2.24, 2.45) is 0 Å². The minimum atomic E-state index is -0.269. The number of aryl methyl sites for hydroxylation is 1. The van der Waals surface area contributed by atoms with Gasteiger partial charge in [0.25, 0.3) is 0 Å². The van der Waals surface area contributed by atoms with Crippen LogP contribution in [0.5, 0.6) is 0 Å². The minimum Gasteiger partial charge on any atom is -0.391 e. The van der Waals surface area contributed by atoms with E-state index in [1.165, 1.54) is 0 Å². The molecule has 21 heavy (non-hydrogen) atoms. The summed E-state index contributed by atoms with van der Waals surface area (Å²) in [7, 11) is 0. The third-order valence-corrected chi connectivity index (χ3v) is 4.27. The van der Waals surface area contributed by atoms with E-state index in [-0.39, 0.29) is 17.9 Å². The van der Waals surface area contributed by atoms with E-state index in [2.05, 4.69) is 14.9 Å². The maximum atomic E-state index is 11.3. The summed E-state index contributed by atoms with van der Waals surface area (Å²) >= 11 is 0. The predicted molar refractivity (Wildman–Crippen MR) is 79.2 cm³/mol. The van der Waals surface area contributed by atoms with E-state index in [4.69, 9.17) is 0 Å². The third kappa shape index (κ3) is 3.00. The van der Waals surface area contributed by atoms with E-state index in [0.717, 1.165) is 36.7 Å². The zero-order chi connectivity index (χ0) is 15.0. The van der Waals surface area contributed by atoms with E-state index < -0.39 is 0 Å². The van der Waals surface area contributed by atoms with Gasteiger partial charge in [0.05, 0.1) is 12.0 Å². The molecule has 6 nitrogen and oxygen atoms in total. The lowest BCUT2D eigenvalue weighted by Crippen LogP contribution is -2.48. The summed E-state index contributed by atoms with van der Waals surface area (Å²) in [5, 5.41) is 9.81. The number of carbonyl (C=O) groups excluding carboxylic acids is 1. The summed E-state index contributed by atoms with van der Waals surface area (Å²) in [6.45, 7) is 6.54. The molecule has 0 saturated carbocycles. The summed E-state index contributed by atoms with van der Waals surface area (Å²) in [4.78, 5) is 24.4. The summed E-state index contributed by atoms with van der Waals surface area (Å²) in [6, 6.07) is 1.98. The van der Waals surface area contributed by atoms with Crippen molar-refractivity contribution in [3.8, 4) is 0 Å². The monoisotopic (exact) mass is 290 g/mol. The number of aromatic nitrogens is 2. The average molecular weight is 290 g/mol. The second-order valence-corrected chi connectivity index (χ2v) is 6.09. The summed E-state index contributed by atoms with van der Waals surface area (Å²) in [5.41, 5.74) is 0.941. The van der Waals surface area contributed by atoms with Gasteiger partial charge in [0.1, 0.15) is 11.6 Å². The number of piperidine rings is 1. The first kappa shape index (κ1) is 14.3. The number of β-amino-alcohol motifs (C(OH)–C–C–N with tert-alkyl or cyclic N) is 1. The number of aliphatic hydroxyl groups excluding tert-OH is 1. The zero-order valence-electron chi connectivity index (χ0n) is 12.6. The number of likely N-dealkylation sites (tertiary alicyclic amines) is 1. The van der Waals surface area contributed by atoms with Crippen molar-refractivity contribution >= 4 is 11.7 Å². The lowest BCUT2D eigenvalue weighted by molar-refractivity contribution is -0.133. The molecule has 1 atom stereocenters. The van der Waals surface area contributed by atoms with Gasteiger partial charge >= 0.3 is 0 Å². The quantitative estimate of drug-likeness (QED) is 0.868. The Kier molecular flexibility index (Phi) is 3.80. The van der Waals surface area contributed by atoms with Crippen LogP contribution >= 0.6 is 0 Å². The highest BCUT2D eigenvalue weighted by molar-refractivity contribution is 5.74. The van der Waals surface area contributed by atoms with E-state index in [0.29, 0.717) is 19.6 Å². The van der Waals surface area contributed by atoms with Crippen LogP contribution in [0, 0.1) is 6.92 Å². The Morgan fingerprint density at radius 2 is 2.10 bits per heavy atom. The Labute approximate surface area is 124 Å². The predicted octanol–water partition coefficient (Wildman–Crippen LogP) is 0.692. The second kappa shape index (κ2) is 5.60. The SMILES string of the molecule is CC(=O)N1CC(c2nc(C)cc(N3CCC[C@@H](O)C3)n2)C1. The molecular weight excluding hydrogens is 268 g/mol. The van der Waals surface area contributed by atoms with Crippen LogP contribution in [-0.2, 0) is 4.79 Å². The van der Waals surface area contributed by atoms with Crippen LogP contribution < -0.4 is 4.90 Å². The van der Waals surface area contributed by atoms with E-state index in [9.17, 15) is 9.90 Å². The molecule has 1 aromatic rings. The number of rotatable bonds is 2. The first-order chi connectivity index (χ1) is 10.0. The number of aliphatic hydroxyl groups is 1. The van der Waals surface area contributed by atoms with Gasteiger partial charge in [-0.25, -0.2) is 9.97 Å². The normalized spacial score (nSPS) is 23.1. The van der Waals surface area contributed by atoms with Crippen molar-refractivity contribution in [3.63, 3.8) is 0 Å². The fourth-order valence-corrected chi connectivity index (χ4v) is 2.98. The molecule has 2 fully saturated rings. The summed E-state index contributed by atoms with van der Waals surface area (Å²) < 4.78 is 0. The van der Waals surface area contributed by atoms with Gasteiger partial charge in [-0.1, -0.05) is 0 Å². The van der Waals surface area contributed by atoms with E-state index in [1.54, 1.807) is 11.8 Å². The van der Waals surface area contributed by atoms with Gasteiger partial charge in [-0.3, -0.25) is 4.79 Å². The molecule has 0 aliphatic carbocycles. The average Bonchev–Trinajstić information content (AvgIpc) is 2.35. The number of hydrogen-bond donors (Lipinski definition) is 1. The number of carbonyl (C=O) groups is 1. The molecule has 114 valence electrons. The standard InChI is InChI=1S/C15H22N4O2/c1-10-6-14(18-5-3-4-13(21)9-18)17-15(16-10)12-7-19(8-12)11(2)20/h6,12-13,21H,3-5,7-9H2,1-2H3/t13-/m1/s1. The molecule has 6 heteroatoms. The molecule has 0 unspecified atom stereocenters. The highest BCUT2D eigenvalue weighted by Crippen LogP contribution is 2.27. The van der Waals surface area contributed by atoms with Crippen molar-refractivity contribution in [1.82, 2.24) is 14.9 Å². The van der Waals surface area contributed by atoms with E-state index >= 15 is 0 Å². The van der Waals surface area contributed by atoms with Crippen LogP contribution in [0.4, 0.5) is 5.82 Å². The fraction of sp³-hybridized carbons (Fsp3) is 0.667. The summed E-state index contributed by atoms with van der Waals surface area (Å²) in [5.74, 6) is 2.07. The van der Waals surface area contributed by atoms with Crippen LogP contribution in [0.25, 0.3) is 0 Å². The van der Waals surface area contributed by atoms with Crippen LogP contribution in [0.2, 0.25) is 0 Å². The van der Waals surface area contributed by atoms with Crippen molar-refractivity contribution < 1.29 is 9.90 Å². The second-order valence-electron chi connectivity index (χ2n) is 6.09. The number of nitrogens with zero attached hydrogens (tertiary/aromatic N) is 4. The Balaban J connectivity index is 1.76. The van der Waals surface area contributed by atoms with Crippen LogP contribution in [-0.4, -0.2) is 58.2 Å². The molecule has 2 aliphatic rings. The first-order valence-corrected chi connectivity index (χ1v) is 7.57. The number of hydrogen-bond acceptors (Lipinski definition) is 5. The van der Waals surface area contributed by atoms with Gasteiger partial charge in [-0.15, -0.1) is 0 Å². The Hall–Kier alpha value is -1.69. The zero-order valence-corrected chi connectivity index (χ0v) is 12.6. The molecule has 1 N–H and O–H groups in total. The van der Waals surface area contributed by atoms with Crippen molar-refractivity contribution in [2.75, 3.05) is 31.1 Å².